The molecular formula is C17H28ClN3O4. The first kappa shape index (κ1) is 20.0. The summed E-state index contributed by atoms with van der Waals surface area (Å²) in [5.74, 6) is -0.753. The summed E-state index contributed by atoms with van der Waals surface area (Å²) in [4.78, 5) is 39.4. The smallest absolute Gasteiger partial charge is 0.320 e. The lowest BCUT2D eigenvalue weighted by atomic mass is 9.85. The van der Waals surface area contributed by atoms with E-state index >= 15 is 0 Å². The predicted octanol–water partition coefficient (Wildman–Crippen LogP) is 0.864. The van der Waals surface area contributed by atoms with Gasteiger partial charge in [-0.15, -0.1) is 12.4 Å². The van der Waals surface area contributed by atoms with Crippen molar-refractivity contribution in [3.63, 3.8) is 0 Å². The highest BCUT2D eigenvalue weighted by atomic mass is 35.5. The molecule has 3 aliphatic rings. The highest BCUT2D eigenvalue weighted by Gasteiger charge is 2.45. The first-order valence-electron chi connectivity index (χ1n) is 9.09. The van der Waals surface area contributed by atoms with Crippen molar-refractivity contribution in [1.29, 1.82) is 0 Å². The van der Waals surface area contributed by atoms with Gasteiger partial charge in [-0.05, 0) is 38.0 Å². The zero-order valence-corrected chi connectivity index (χ0v) is 15.3. The molecule has 2 aliphatic heterocycles. The van der Waals surface area contributed by atoms with Crippen LogP contribution in [0, 0.1) is 5.92 Å². The number of hydrogen-bond acceptors (Lipinski definition) is 4. The number of carbonyl (C=O) groups excluding carboxylic acids is 2. The lowest BCUT2D eigenvalue weighted by Crippen LogP contribution is -2.49. The van der Waals surface area contributed by atoms with E-state index in [1.165, 1.54) is 0 Å². The Balaban J connectivity index is 0.00000225. The number of aliphatic carboxylic acids is 1. The Morgan fingerprint density at radius 3 is 2.40 bits per heavy atom. The zero-order valence-electron chi connectivity index (χ0n) is 14.5. The van der Waals surface area contributed by atoms with Crippen LogP contribution in [0.4, 0.5) is 0 Å². The van der Waals surface area contributed by atoms with Crippen LogP contribution >= 0.6 is 12.4 Å². The summed E-state index contributed by atoms with van der Waals surface area (Å²) < 4.78 is 0. The van der Waals surface area contributed by atoms with Crippen molar-refractivity contribution in [1.82, 2.24) is 15.1 Å². The van der Waals surface area contributed by atoms with Crippen LogP contribution in [-0.2, 0) is 14.4 Å². The average Bonchev–Trinajstić information content (AvgIpc) is 3.21. The molecule has 2 heterocycles. The van der Waals surface area contributed by atoms with Crippen LogP contribution in [-0.4, -0.2) is 71.0 Å². The normalized spacial score (nSPS) is 29.0. The summed E-state index contributed by atoms with van der Waals surface area (Å²) in [6, 6.07) is -0.377. The Hall–Kier alpha value is -1.34. The minimum Gasteiger partial charge on any atom is -0.480 e. The lowest BCUT2D eigenvalue weighted by Gasteiger charge is -2.32. The molecule has 1 aliphatic carbocycles. The summed E-state index contributed by atoms with van der Waals surface area (Å²) in [6.07, 6.45) is 6.96. The van der Waals surface area contributed by atoms with E-state index in [0.717, 1.165) is 51.6 Å². The van der Waals surface area contributed by atoms with Crippen molar-refractivity contribution in [3.8, 4) is 0 Å². The van der Waals surface area contributed by atoms with Gasteiger partial charge in [-0.1, -0.05) is 12.8 Å². The standard InChI is InChI=1S/C17H27N3O4.ClH/c21-15(18-10-16(22)19-7-3-4-8-19)11-20-13-6-2-1-5-12(13)9-14(20)17(23)24;/h12-14H,1-11H2,(H,18,21)(H,23,24);1H. The quantitative estimate of drug-likeness (QED) is 0.746. The number of hydrogen-bond donors (Lipinski definition) is 2. The number of carboxylic acids is 1. The third-order valence-electron chi connectivity index (χ3n) is 5.73. The molecule has 0 aromatic rings. The van der Waals surface area contributed by atoms with E-state index in [2.05, 4.69) is 5.32 Å². The van der Waals surface area contributed by atoms with Crippen molar-refractivity contribution in [2.75, 3.05) is 26.2 Å². The highest BCUT2D eigenvalue weighted by Crippen LogP contribution is 2.39. The van der Waals surface area contributed by atoms with Gasteiger partial charge in [0.15, 0.2) is 0 Å². The number of halogens is 1. The second kappa shape index (κ2) is 8.85. The van der Waals surface area contributed by atoms with Gasteiger partial charge in [-0.3, -0.25) is 19.3 Å². The van der Waals surface area contributed by atoms with Crippen LogP contribution in [0.5, 0.6) is 0 Å². The molecular weight excluding hydrogens is 346 g/mol. The van der Waals surface area contributed by atoms with Crippen molar-refractivity contribution < 1.29 is 19.5 Å². The van der Waals surface area contributed by atoms with Gasteiger partial charge in [0.1, 0.15) is 6.04 Å². The number of rotatable bonds is 5. The summed E-state index contributed by atoms with van der Waals surface area (Å²) in [6.45, 7) is 1.63. The fourth-order valence-electron chi connectivity index (χ4n) is 4.50. The number of amides is 2. The van der Waals surface area contributed by atoms with E-state index in [-0.39, 0.29) is 43.4 Å². The fraction of sp³-hybridized carbons (Fsp3) is 0.824. The largest absolute Gasteiger partial charge is 0.480 e. The number of nitrogens with zero attached hydrogens (tertiary/aromatic N) is 2. The molecule has 3 unspecified atom stereocenters. The summed E-state index contributed by atoms with van der Waals surface area (Å²) in [5.41, 5.74) is 0. The van der Waals surface area contributed by atoms with E-state index in [4.69, 9.17) is 0 Å². The van der Waals surface area contributed by atoms with Crippen molar-refractivity contribution >= 4 is 30.2 Å². The van der Waals surface area contributed by atoms with Gasteiger partial charge in [0.2, 0.25) is 11.8 Å². The average molecular weight is 374 g/mol. The Morgan fingerprint density at radius 2 is 1.72 bits per heavy atom. The maximum Gasteiger partial charge on any atom is 0.320 e. The van der Waals surface area contributed by atoms with E-state index < -0.39 is 12.0 Å². The molecule has 3 atom stereocenters. The first-order chi connectivity index (χ1) is 11.6. The third-order valence-corrected chi connectivity index (χ3v) is 5.73. The topological polar surface area (TPSA) is 90.0 Å². The molecule has 0 bridgehead atoms. The van der Waals surface area contributed by atoms with Gasteiger partial charge in [0.25, 0.3) is 0 Å². The first-order valence-corrected chi connectivity index (χ1v) is 9.09. The zero-order chi connectivity index (χ0) is 17.1. The molecule has 3 rings (SSSR count). The van der Waals surface area contributed by atoms with E-state index in [1.807, 2.05) is 4.90 Å². The van der Waals surface area contributed by atoms with Gasteiger partial charge in [-0.25, -0.2) is 0 Å². The number of fused-ring (bicyclic) bond motifs is 1. The Kier molecular flexibility index (Phi) is 7.07. The van der Waals surface area contributed by atoms with E-state index in [9.17, 15) is 19.5 Å². The van der Waals surface area contributed by atoms with Gasteiger partial charge < -0.3 is 15.3 Å². The van der Waals surface area contributed by atoms with Gasteiger partial charge in [-0.2, -0.15) is 0 Å². The molecule has 0 spiro atoms. The van der Waals surface area contributed by atoms with Gasteiger partial charge >= 0.3 is 5.97 Å². The molecule has 2 N–H and O–H groups in total. The Labute approximate surface area is 154 Å². The number of carboxylic acid groups (broad SMARTS) is 1. The molecule has 142 valence electrons. The minimum absolute atomic E-state index is 0. The maximum atomic E-state index is 12.2. The van der Waals surface area contributed by atoms with E-state index in [1.54, 1.807) is 4.90 Å². The SMILES string of the molecule is Cl.O=C(CN1C(C(=O)O)CC2CCCCC21)NCC(=O)N1CCCC1. The maximum absolute atomic E-state index is 12.2. The van der Waals surface area contributed by atoms with Gasteiger partial charge in [0, 0.05) is 19.1 Å². The van der Waals surface area contributed by atoms with E-state index in [0.29, 0.717) is 12.3 Å². The molecule has 2 amide bonds. The van der Waals surface area contributed by atoms with Crippen molar-refractivity contribution in [3.05, 3.63) is 0 Å². The molecule has 0 aromatic carbocycles. The summed E-state index contributed by atoms with van der Waals surface area (Å²) in [5, 5.41) is 12.1. The highest BCUT2D eigenvalue weighted by molar-refractivity contribution is 5.86. The molecule has 25 heavy (non-hydrogen) atoms. The summed E-state index contributed by atoms with van der Waals surface area (Å²) >= 11 is 0. The van der Waals surface area contributed by atoms with Crippen molar-refractivity contribution in [2.45, 2.75) is 57.0 Å². The lowest BCUT2D eigenvalue weighted by molar-refractivity contribution is -0.143. The van der Waals surface area contributed by atoms with Crippen LogP contribution in [0.25, 0.3) is 0 Å². The molecule has 2 saturated heterocycles. The molecule has 0 radical (unpaired) electrons. The second-order valence-electron chi connectivity index (χ2n) is 7.24. The molecule has 0 aromatic heterocycles. The monoisotopic (exact) mass is 373 g/mol. The van der Waals surface area contributed by atoms with Crippen LogP contribution < -0.4 is 5.32 Å². The van der Waals surface area contributed by atoms with Crippen molar-refractivity contribution in [2.24, 2.45) is 5.92 Å². The van der Waals surface area contributed by atoms with Crippen LogP contribution in [0.2, 0.25) is 0 Å². The molecule has 7 nitrogen and oxygen atoms in total. The summed E-state index contributed by atoms with van der Waals surface area (Å²) in [7, 11) is 0. The second-order valence-corrected chi connectivity index (χ2v) is 7.24. The number of likely N-dealkylation sites (tertiary alicyclic amines) is 2. The molecule has 1 saturated carbocycles. The predicted molar refractivity (Wildman–Crippen MR) is 94.6 cm³/mol. The fourth-order valence-corrected chi connectivity index (χ4v) is 4.50. The Bertz CT molecular complexity index is 510. The molecule has 8 heteroatoms. The number of nitrogens with one attached hydrogen (secondary N) is 1. The minimum atomic E-state index is -0.842. The number of carbonyl (C=O) groups is 3. The van der Waals surface area contributed by atoms with Crippen LogP contribution in [0.1, 0.15) is 44.9 Å². The third kappa shape index (κ3) is 4.64. The van der Waals surface area contributed by atoms with Gasteiger partial charge in [0.05, 0.1) is 13.1 Å². The Morgan fingerprint density at radius 1 is 1.04 bits per heavy atom. The van der Waals surface area contributed by atoms with Crippen LogP contribution in [0.15, 0.2) is 0 Å². The molecule has 3 fully saturated rings. The van der Waals surface area contributed by atoms with Crippen LogP contribution in [0.3, 0.4) is 0 Å².